The summed E-state index contributed by atoms with van der Waals surface area (Å²) in [6.45, 7) is 6.62. The molecule has 2 heteroatoms. The molecule has 1 aromatic rings. The summed E-state index contributed by atoms with van der Waals surface area (Å²) in [5.74, 6) is 0.0891. The molecule has 2 atom stereocenters. The Morgan fingerprint density at radius 1 is 1.40 bits per heavy atom. The van der Waals surface area contributed by atoms with Gasteiger partial charge in [-0.1, -0.05) is 43.3 Å². The third-order valence-electron chi connectivity index (χ3n) is 2.32. The van der Waals surface area contributed by atoms with E-state index in [1.54, 1.807) is 0 Å². The van der Waals surface area contributed by atoms with E-state index in [4.69, 9.17) is 4.74 Å². The molecule has 0 aliphatic carbocycles. The summed E-state index contributed by atoms with van der Waals surface area (Å²) in [4.78, 5) is 0. The highest BCUT2D eigenvalue weighted by molar-refractivity contribution is 5.13. The van der Waals surface area contributed by atoms with Crippen LogP contribution in [0.4, 0.5) is 0 Å². The van der Waals surface area contributed by atoms with Crippen LogP contribution in [0, 0.1) is 5.92 Å². The van der Waals surface area contributed by atoms with E-state index in [0.29, 0.717) is 13.2 Å². The fourth-order valence-electron chi connectivity index (χ4n) is 1.27. The molecular formula is C13H18O2. The molecule has 0 fully saturated rings. The number of rotatable bonds is 6. The molecule has 0 aromatic heterocycles. The van der Waals surface area contributed by atoms with Crippen LogP contribution in [-0.2, 0) is 11.3 Å². The molecule has 0 heterocycles. The third-order valence-corrected chi connectivity index (χ3v) is 2.32. The lowest BCUT2D eigenvalue weighted by Crippen LogP contribution is -2.19. The molecule has 0 amide bonds. The smallest absolute Gasteiger partial charge is 0.0765 e. The molecule has 82 valence electrons. The van der Waals surface area contributed by atoms with Crippen LogP contribution in [-0.4, -0.2) is 17.8 Å². The van der Waals surface area contributed by atoms with E-state index in [2.05, 4.69) is 6.58 Å². The van der Waals surface area contributed by atoms with Crippen molar-refractivity contribution in [1.82, 2.24) is 0 Å². The van der Waals surface area contributed by atoms with Gasteiger partial charge in [0.2, 0.25) is 0 Å². The number of benzene rings is 1. The largest absolute Gasteiger partial charge is 0.389 e. The van der Waals surface area contributed by atoms with Gasteiger partial charge >= 0.3 is 0 Å². The molecule has 2 nitrogen and oxygen atoms in total. The molecule has 1 N–H and O–H groups in total. The normalized spacial score (nSPS) is 14.5. The Balaban J connectivity index is 2.25. The van der Waals surface area contributed by atoms with Crippen LogP contribution in [0.15, 0.2) is 43.0 Å². The molecule has 0 aliphatic heterocycles. The first-order chi connectivity index (χ1) is 7.24. The predicted molar refractivity (Wildman–Crippen MR) is 61.5 cm³/mol. The molecule has 0 saturated carbocycles. The van der Waals surface area contributed by atoms with Gasteiger partial charge in [-0.25, -0.2) is 0 Å². The van der Waals surface area contributed by atoms with E-state index in [9.17, 15) is 5.11 Å². The van der Waals surface area contributed by atoms with E-state index >= 15 is 0 Å². The molecule has 0 aliphatic rings. The average molecular weight is 206 g/mol. The summed E-state index contributed by atoms with van der Waals surface area (Å²) in [6, 6.07) is 10.00. The summed E-state index contributed by atoms with van der Waals surface area (Å²) in [6.07, 6.45) is 1.05. The monoisotopic (exact) mass is 206 g/mol. The van der Waals surface area contributed by atoms with Crippen LogP contribution >= 0.6 is 0 Å². The van der Waals surface area contributed by atoms with Gasteiger partial charge in [-0.3, -0.25) is 0 Å². The van der Waals surface area contributed by atoms with E-state index in [0.717, 1.165) is 5.56 Å². The Hall–Kier alpha value is -1.12. The second kappa shape index (κ2) is 6.38. The maximum absolute atomic E-state index is 9.43. The SMILES string of the molecule is C=C[C@@H](O)[C@@H](C)COCc1ccccc1. The first kappa shape index (κ1) is 12.0. The fourth-order valence-corrected chi connectivity index (χ4v) is 1.27. The molecule has 0 unspecified atom stereocenters. The highest BCUT2D eigenvalue weighted by Crippen LogP contribution is 2.07. The van der Waals surface area contributed by atoms with Crippen LogP contribution in [0.2, 0.25) is 0 Å². The minimum absolute atomic E-state index is 0.0891. The highest BCUT2D eigenvalue weighted by atomic mass is 16.5. The van der Waals surface area contributed by atoms with Crippen molar-refractivity contribution in [2.75, 3.05) is 6.61 Å². The minimum Gasteiger partial charge on any atom is -0.389 e. The number of aliphatic hydroxyl groups excluding tert-OH is 1. The van der Waals surface area contributed by atoms with Crippen molar-refractivity contribution in [3.63, 3.8) is 0 Å². The van der Waals surface area contributed by atoms with Gasteiger partial charge in [0.1, 0.15) is 0 Å². The summed E-state index contributed by atoms with van der Waals surface area (Å²) in [5, 5.41) is 9.43. The van der Waals surface area contributed by atoms with Crippen molar-refractivity contribution >= 4 is 0 Å². The number of aliphatic hydroxyl groups is 1. The fraction of sp³-hybridized carbons (Fsp3) is 0.385. The second-order valence-corrected chi connectivity index (χ2v) is 3.70. The number of hydrogen-bond acceptors (Lipinski definition) is 2. The minimum atomic E-state index is -0.485. The Morgan fingerprint density at radius 3 is 2.67 bits per heavy atom. The van der Waals surface area contributed by atoms with E-state index < -0.39 is 6.10 Å². The van der Waals surface area contributed by atoms with E-state index in [1.165, 1.54) is 6.08 Å². The van der Waals surface area contributed by atoms with Crippen LogP contribution < -0.4 is 0 Å². The van der Waals surface area contributed by atoms with Crippen molar-refractivity contribution < 1.29 is 9.84 Å². The maximum Gasteiger partial charge on any atom is 0.0765 e. The molecule has 0 radical (unpaired) electrons. The van der Waals surface area contributed by atoms with Crippen molar-refractivity contribution in [2.24, 2.45) is 5.92 Å². The molecular weight excluding hydrogens is 188 g/mol. The standard InChI is InChI=1S/C13H18O2/c1-3-13(14)11(2)9-15-10-12-7-5-4-6-8-12/h3-8,11,13-14H,1,9-10H2,2H3/t11-,13+/m0/s1. The quantitative estimate of drug-likeness (QED) is 0.724. The Morgan fingerprint density at radius 2 is 2.07 bits per heavy atom. The van der Waals surface area contributed by atoms with Crippen LogP contribution in [0.1, 0.15) is 12.5 Å². The lowest BCUT2D eigenvalue weighted by molar-refractivity contribution is 0.0473. The van der Waals surface area contributed by atoms with Gasteiger partial charge in [-0.15, -0.1) is 6.58 Å². The van der Waals surface area contributed by atoms with Gasteiger partial charge in [-0.2, -0.15) is 0 Å². The predicted octanol–water partition coefficient (Wildman–Crippen LogP) is 2.39. The van der Waals surface area contributed by atoms with E-state index in [-0.39, 0.29) is 5.92 Å². The summed E-state index contributed by atoms with van der Waals surface area (Å²) < 4.78 is 5.50. The molecule has 1 aromatic carbocycles. The first-order valence-corrected chi connectivity index (χ1v) is 5.16. The van der Waals surface area contributed by atoms with Crippen LogP contribution in [0.25, 0.3) is 0 Å². The molecule has 15 heavy (non-hydrogen) atoms. The molecule has 0 bridgehead atoms. The van der Waals surface area contributed by atoms with Crippen LogP contribution in [0.5, 0.6) is 0 Å². The van der Waals surface area contributed by atoms with Gasteiger partial charge in [0.25, 0.3) is 0 Å². The molecule has 0 spiro atoms. The topological polar surface area (TPSA) is 29.5 Å². The van der Waals surface area contributed by atoms with Crippen molar-refractivity contribution in [1.29, 1.82) is 0 Å². The van der Waals surface area contributed by atoms with Gasteiger partial charge in [0.15, 0.2) is 0 Å². The molecule has 1 rings (SSSR count). The van der Waals surface area contributed by atoms with Crippen molar-refractivity contribution in [2.45, 2.75) is 19.6 Å². The summed E-state index contributed by atoms with van der Waals surface area (Å²) in [5.41, 5.74) is 1.15. The van der Waals surface area contributed by atoms with Crippen LogP contribution in [0.3, 0.4) is 0 Å². The molecule has 0 saturated heterocycles. The van der Waals surface area contributed by atoms with Crippen molar-refractivity contribution in [3.8, 4) is 0 Å². The van der Waals surface area contributed by atoms with Gasteiger partial charge in [0.05, 0.1) is 19.3 Å². The number of ether oxygens (including phenoxy) is 1. The van der Waals surface area contributed by atoms with Gasteiger partial charge in [-0.05, 0) is 5.56 Å². The average Bonchev–Trinajstić information content (AvgIpc) is 2.29. The lowest BCUT2D eigenvalue weighted by Gasteiger charge is -2.15. The van der Waals surface area contributed by atoms with Crippen molar-refractivity contribution in [3.05, 3.63) is 48.6 Å². The summed E-state index contributed by atoms with van der Waals surface area (Å²) >= 11 is 0. The maximum atomic E-state index is 9.43. The highest BCUT2D eigenvalue weighted by Gasteiger charge is 2.09. The van der Waals surface area contributed by atoms with Gasteiger partial charge < -0.3 is 9.84 Å². The Bertz CT molecular complexity index is 282. The lowest BCUT2D eigenvalue weighted by atomic mass is 10.1. The summed E-state index contributed by atoms with van der Waals surface area (Å²) in [7, 11) is 0. The zero-order chi connectivity index (χ0) is 11.1. The number of hydrogen-bond donors (Lipinski definition) is 1. The zero-order valence-electron chi connectivity index (χ0n) is 9.10. The first-order valence-electron chi connectivity index (χ1n) is 5.16. The third kappa shape index (κ3) is 4.28. The van der Waals surface area contributed by atoms with E-state index in [1.807, 2.05) is 37.3 Å². The Kier molecular flexibility index (Phi) is 5.08. The zero-order valence-corrected chi connectivity index (χ0v) is 9.10. The van der Waals surface area contributed by atoms with Gasteiger partial charge in [0, 0.05) is 5.92 Å². The second-order valence-electron chi connectivity index (χ2n) is 3.70. The Labute approximate surface area is 91.2 Å².